The number of hydrogen-bond acceptors (Lipinski definition) is 7. The molecule has 166 valence electrons. The minimum absolute atomic E-state index is 0.161. The lowest BCUT2D eigenvalue weighted by molar-refractivity contribution is -0.387. The highest BCUT2D eigenvalue weighted by Gasteiger charge is 2.23. The summed E-state index contributed by atoms with van der Waals surface area (Å²) in [5, 5.41) is 20.9. The molecule has 4 aromatic rings. The van der Waals surface area contributed by atoms with Gasteiger partial charge in [-0.25, -0.2) is 0 Å². The number of rotatable bonds is 8. The van der Waals surface area contributed by atoms with E-state index in [4.69, 9.17) is 4.74 Å². The number of para-hydroxylation sites is 1. The first-order chi connectivity index (χ1) is 16.0. The van der Waals surface area contributed by atoms with Gasteiger partial charge in [0.2, 0.25) is 0 Å². The van der Waals surface area contributed by atoms with Crippen LogP contribution in [-0.4, -0.2) is 32.6 Å². The molecule has 1 aromatic heterocycles. The van der Waals surface area contributed by atoms with Crippen LogP contribution in [0.5, 0.6) is 5.75 Å². The molecule has 0 aliphatic heterocycles. The Morgan fingerprint density at radius 2 is 1.76 bits per heavy atom. The van der Waals surface area contributed by atoms with Gasteiger partial charge in [0.05, 0.1) is 22.5 Å². The number of methoxy groups -OCH3 is 1. The van der Waals surface area contributed by atoms with E-state index in [1.807, 2.05) is 41.8 Å². The predicted octanol–water partition coefficient (Wildman–Crippen LogP) is 5.26. The topological polar surface area (TPSA) is 100 Å². The van der Waals surface area contributed by atoms with E-state index >= 15 is 0 Å². The summed E-state index contributed by atoms with van der Waals surface area (Å²) in [5.74, 6) is 0.993. The molecule has 9 heteroatoms. The van der Waals surface area contributed by atoms with Crippen molar-refractivity contribution in [3.8, 4) is 17.1 Å². The molecule has 0 bridgehead atoms. The Morgan fingerprint density at radius 3 is 2.45 bits per heavy atom. The molecule has 3 aromatic carbocycles. The Kier molecular flexibility index (Phi) is 6.50. The van der Waals surface area contributed by atoms with Crippen LogP contribution in [0.4, 0.5) is 5.69 Å². The third kappa shape index (κ3) is 4.49. The van der Waals surface area contributed by atoms with Crippen molar-refractivity contribution in [1.29, 1.82) is 0 Å². The van der Waals surface area contributed by atoms with E-state index in [-0.39, 0.29) is 17.0 Å². The molecule has 8 nitrogen and oxygen atoms in total. The molecule has 1 heterocycles. The number of nitrogens with zero attached hydrogens (tertiary/aromatic N) is 4. The molecule has 4 rings (SSSR count). The summed E-state index contributed by atoms with van der Waals surface area (Å²) in [6.45, 7) is 2.50. The number of carbonyl (C=O) groups excluding carboxylic acids is 1. The van der Waals surface area contributed by atoms with Crippen LogP contribution in [0.1, 0.15) is 22.8 Å². The monoisotopic (exact) mass is 460 g/mol. The van der Waals surface area contributed by atoms with E-state index in [0.717, 1.165) is 17.3 Å². The zero-order valence-corrected chi connectivity index (χ0v) is 18.8. The zero-order valence-electron chi connectivity index (χ0n) is 18.0. The normalized spacial score (nSPS) is 10.7. The molecular weight excluding hydrogens is 440 g/mol. The molecular formula is C24H20N4O4S. The molecule has 0 aliphatic rings. The largest absolute Gasteiger partial charge is 0.496 e. The van der Waals surface area contributed by atoms with E-state index < -0.39 is 4.92 Å². The van der Waals surface area contributed by atoms with Gasteiger partial charge < -0.3 is 9.30 Å². The smallest absolute Gasteiger partial charge is 0.284 e. The number of nitro groups is 1. The van der Waals surface area contributed by atoms with Gasteiger partial charge in [-0.2, -0.15) is 0 Å². The fourth-order valence-corrected chi connectivity index (χ4v) is 4.40. The highest BCUT2D eigenvalue weighted by atomic mass is 32.2. The molecule has 0 fully saturated rings. The average molecular weight is 461 g/mol. The fourth-order valence-electron chi connectivity index (χ4n) is 3.42. The summed E-state index contributed by atoms with van der Waals surface area (Å²) in [4.78, 5) is 24.4. The quantitative estimate of drug-likeness (QED) is 0.201. The van der Waals surface area contributed by atoms with Crippen LogP contribution < -0.4 is 4.74 Å². The number of carbonyl (C=O) groups is 1. The number of ketones is 1. The second-order valence-corrected chi connectivity index (χ2v) is 8.00. The van der Waals surface area contributed by atoms with Crippen molar-refractivity contribution in [2.75, 3.05) is 7.11 Å². The molecule has 0 unspecified atom stereocenters. The van der Waals surface area contributed by atoms with E-state index in [9.17, 15) is 14.9 Å². The van der Waals surface area contributed by atoms with Gasteiger partial charge in [-0.15, -0.1) is 10.2 Å². The Hall–Kier alpha value is -3.98. The fraction of sp³-hybridized carbons (Fsp3) is 0.125. The van der Waals surface area contributed by atoms with Gasteiger partial charge in [0.25, 0.3) is 5.69 Å². The summed E-state index contributed by atoms with van der Waals surface area (Å²) < 4.78 is 7.31. The molecule has 0 saturated heterocycles. The Morgan fingerprint density at radius 1 is 1.03 bits per heavy atom. The van der Waals surface area contributed by atoms with Crippen LogP contribution in [0.2, 0.25) is 0 Å². The van der Waals surface area contributed by atoms with Crippen molar-refractivity contribution in [1.82, 2.24) is 14.8 Å². The Balaban J connectivity index is 1.70. The lowest BCUT2D eigenvalue weighted by atomic mass is 10.0. The lowest BCUT2D eigenvalue weighted by Crippen LogP contribution is -2.03. The summed E-state index contributed by atoms with van der Waals surface area (Å²) >= 11 is 1.13. The van der Waals surface area contributed by atoms with E-state index in [1.165, 1.54) is 6.07 Å². The summed E-state index contributed by atoms with van der Waals surface area (Å²) in [5.41, 5.74) is 1.34. The molecule has 0 amide bonds. The minimum atomic E-state index is -0.488. The lowest BCUT2D eigenvalue weighted by Gasteiger charge is -2.10. The Bertz CT molecular complexity index is 1320. The summed E-state index contributed by atoms with van der Waals surface area (Å²) in [7, 11) is 1.59. The van der Waals surface area contributed by atoms with Crippen molar-refractivity contribution in [2.45, 2.75) is 23.5 Å². The number of benzene rings is 3. The van der Waals surface area contributed by atoms with Gasteiger partial charge in [0.1, 0.15) is 5.75 Å². The maximum absolute atomic E-state index is 12.7. The van der Waals surface area contributed by atoms with Crippen molar-refractivity contribution in [3.05, 3.63) is 94.0 Å². The maximum Gasteiger partial charge on any atom is 0.284 e. The van der Waals surface area contributed by atoms with Gasteiger partial charge in [-0.05, 0) is 43.0 Å². The molecule has 0 spiro atoms. The SMILES string of the molecule is CCn1c(Sc2ccc(C(=O)c3ccccc3)cc2[N+](=O)[O-])nnc1-c1ccccc1OC. The molecule has 0 aliphatic carbocycles. The molecule has 33 heavy (non-hydrogen) atoms. The maximum atomic E-state index is 12.7. The highest BCUT2D eigenvalue weighted by Crippen LogP contribution is 2.37. The third-order valence-electron chi connectivity index (χ3n) is 5.04. The minimum Gasteiger partial charge on any atom is -0.496 e. The van der Waals surface area contributed by atoms with Crippen molar-refractivity contribution >= 4 is 23.2 Å². The zero-order chi connectivity index (χ0) is 23.4. The van der Waals surface area contributed by atoms with Crippen LogP contribution in [-0.2, 0) is 6.54 Å². The first-order valence-corrected chi connectivity index (χ1v) is 11.0. The number of aromatic nitrogens is 3. The van der Waals surface area contributed by atoms with E-state index in [1.54, 1.807) is 43.5 Å². The van der Waals surface area contributed by atoms with Gasteiger partial charge in [-0.1, -0.05) is 42.5 Å². The Labute approximate surface area is 194 Å². The molecule has 0 radical (unpaired) electrons. The van der Waals surface area contributed by atoms with Gasteiger partial charge in [0, 0.05) is 23.7 Å². The van der Waals surface area contributed by atoms with Crippen molar-refractivity contribution in [2.24, 2.45) is 0 Å². The van der Waals surface area contributed by atoms with Gasteiger partial charge in [-0.3, -0.25) is 14.9 Å². The number of nitro benzene ring substituents is 1. The van der Waals surface area contributed by atoms with Gasteiger partial charge >= 0.3 is 0 Å². The predicted molar refractivity (Wildman–Crippen MR) is 125 cm³/mol. The standard InChI is InChI=1S/C24H20N4O4S/c1-3-27-23(18-11-7-8-12-20(18)32-2)25-26-24(27)33-21-14-13-17(15-19(21)28(30)31)22(29)16-9-5-4-6-10-16/h4-15H,3H2,1-2H3. The average Bonchev–Trinajstić information content (AvgIpc) is 3.26. The van der Waals surface area contributed by atoms with Crippen LogP contribution in [0.25, 0.3) is 11.4 Å². The number of ether oxygens (including phenoxy) is 1. The van der Waals surface area contributed by atoms with Crippen LogP contribution >= 0.6 is 11.8 Å². The summed E-state index contributed by atoms with van der Waals surface area (Å²) in [6.07, 6.45) is 0. The van der Waals surface area contributed by atoms with Crippen LogP contribution in [0, 0.1) is 10.1 Å². The molecule has 0 N–H and O–H groups in total. The van der Waals surface area contributed by atoms with E-state index in [2.05, 4.69) is 10.2 Å². The summed E-state index contributed by atoms with van der Waals surface area (Å²) in [6, 6.07) is 20.6. The van der Waals surface area contributed by atoms with Crippen molar-refractivity contribution < 1.29 is 14.5 Å². The second-order valence-electron chi connectivity index (χ2n) is 6.99. The van der Waals surface area contributed by atoms with Crippen molar-refractivity contribution in [3.63, 3.8) is 0 Å². The van der Waals surface area contributed by atoms with E-state index in [0.29, 0.717) is 33.7 Å². The highest BCUT2D eigenvalue weighted by molar-refractivity contribution is 7.99. The van der Waals surface area contributed by atoms with Crippen LogP contribution in [0.3, 0.4) is 0 Å². The van der Waals surface area contributed by atoms with Crippen LogP contribution in [0.15, 0.2) is 82.8 Å². The number of hydrogen-bond donors (Lipinski definition) is 0. The third-order valence-corrected chi connectivity index (χ3v) is 6.09. The first-order valence-electron chi connectivity index (χ1n) is 10.2. The molecule has 0 atom stereocenters. The van der Waals surface area contributed by atoms with Gasteiger partial charge in [0.15, 0.2) is 16.8 Å². The first kappa shape index (κ1) is 22.2. The molecule has 0 saturated carbocycles. The second kappa shape index (κ2) is 9.66.